The van der Waals surface area contributed by atoms with E-state index < -0.39 is 0 Å². The molecule has 60 heavy (non-hydrogen) atoms. The average Bonchev–Trinajstić information content (AvgIpc) is 4.06. The van der Waals surface area contributed by atoms with Crippen LogP contribution in [0.1, 0.15) is 74.3 Å². The Morgan fingerprint density at radius 3 is 1.15 bits per heavy atom. The molecule has 2 saturated carbocycles. The molecule has 0 bridgehead atoms. The fraction of sp³-hybridized carbons (Fsp3) is 0.172. The minimum Gasteiger partial charge on any atom is -0.309 e. The van der Waals surface area contributed by atoms with Crippen LogP contribution in [-0.4, -0.2) is 0 Å². The lowest BCUT2D eigenvalue weighted by Gasteiger charge is -2.31. The van der Waals surface area contributed by atoms with Gasteiger partial charge >= 0.3 is 0 Å². The van der Waals surface area contributed by atoms with Crippen LogP contribution < -0.4 is 9.80 Å². The topological polar surface area (TPSA) is 6.48 Å². The van der Waals surface area contributed by atoms with E-state index >= 15 is 0 Å². The molecule has 10 aromatic carbocycles. The van der Waals surface area contributed by atoms with Crippen LogP contribution in [0.5, 0.6) is 0 Å². The molecule has 2 heteroatoms. The summed E-state index contributed by atoms with van der Waals surface area (Å²) in [6.07, 6.45) is 10.4. The third-order valence-corrected chi connectivity index (χ3v) is 14.0. The minimum atomic E-state index is 0.627. The number of rotatable bonds is 8. The molecule has 0 N–H and O–H groups in total. The van der Waals surface area contributed by atoms with Gasteiger partial charge in [0.2, 0.25) is 0 Å². The second-order valence-electron chi connectivity index (χ2n) is 17.4. The fourth-order valence-corrected chi connectivity index (χ4v) is 11.1. The molecule has 290 valence electrons. The number of hydrogen-bond donors (Lipinski definition) is 0. The first kappa shape index (κ1) is 35.3. The van der Waals surface area contributed by atoms with E-state index in [-0.39, 0.29) is 0 Å². The van der Waals surface area contributed by atoms with Crippen molar-refractivity contribution < 1.29 is 0 Å². The highest BCUT2D eigenvalue weighted by atomic mass is 15.2. The van der Waals surface area contributed by atoms with E-state index in [2.05, 4.69) is 192 Å². The van der Waals surface area contributed by atoms with Crippen molar-refractivity contribution in [3.8, 4) is 0 Å². The van der Waals surface area contributed by atoms with Gasteiger partial charge in [-0.05, 0) is 129 Å². The quantitative estimate of drug-likeness (QED) is 0.142. The van der Waals surface area contributed by atoms with Crippen LogP contribution >= 0.6 is 0 Å². The first-order chi connectivity index (χ1) is 29.8. The van der Waals surface area contributed by atoms with E-state index in [1.54, 1.807) is 0 Å². The Morgan fingerprint density at radius 1 is 0.300 bits per heavy atom. The van der Waals surface area contributed by atoms with E-state index in [1.807, 2.05) is 0 Å². The lowest BCUT2D eigenvalue weighted by Crippen LogP contribution is -2.12. The maximum atomic E-state index is 2.55. The summed E-state index contributed by atoms with van der Waals surface area (Å²) in [6, 6.07) is 69.0. The molecule has 10 aromatic rings. The molecule has 2 nitrogen and oxygen atoms in total. The summed E-state index contributed by atoms with van der Waals surface area (Å²) in [4.78, 5) is 5.09. The largest absolute Gasteiger partial charge is 0.309 e. The predicted molar refractivity (Wildman–Crippen MR) is 257 cm³/mol. The average molecular weight is 773 g/mol. The zero-order chi connectivity index (χ0) is 39.6. The molecule has 0 saturated heterocycles. The number of anilines is 6. The highest BCUT2D eigenvalue weighted by molar-refractivity contribution is 6.28. The van der Waals surface area contributed by atoms with Gasteiger partial charge in [0.15, 0.2) is 0 Å². The van der Waals surface area contributed by atoms with Crippen LogP contribution in [0.25, 0.3) is 53.9 Å². The van der Waals surface area contributed by atoms with Crippen molar-refractivity contribution in [2.24, 2.45) is 0 Å². The highest BCUT2D eigenvalue weighted by Gasteiger charge is 2.25. The summed E-state index contributed by atoms with van der Waals surface area (Å²) < 4.78 is 0. The Labute approximate surface area is 352 Å². The summed E-state index contributed by atoms with van der Waals surface area (Å²) >= 11 is 0. The Bertz CT molecular complexity index is 2970. The third kappa shape index (κ3) is 5.84. The monoisotopic (exact) mass is 772 g/mol. The molecule has 0 atom stereocenters. The summed E-state index contributed by atoms with van der Waals surface area (Å²) in [5, 5.41) is 12.7. The third-order valence-electron chi connectivity index (χ3n) is 14.0. The van der Waals surface area contributed by atoms with Gasteiger partial charge in [0.05, 0.1) is 22.7 Å². The minimum absolute atomic E-state index is 0.627. The smallest absolute Gasteiger partial charge is 0.0540 e. The predicted octanol–water partition coefficient (Wildman–Crippen LogP) is 17.1. The fourth-order valence-electron chi connectivity index (χ4n) is 11.1. The molecule has 2 aliphatic rings. The molecular formula is C58H48N2. The SMILES string of the molecule is c1cc(C2CCCC2)cc(N(c2cccc3ccccc23)c2ccc3ccc4c(N(c5cccc(C6CCCC6)c5)c5cccc6ccccc56)ccc5ccc2c3c54)c1. The second-order valence-corrected chi connectivity index (χ2v) is 17.4. The van der Waals surface area contributed by atoms with E-state index in [1.165, 1.54) is 150 Å². The number of hydrogen-bond acceptors (Lipinski definition) is 2. The maximum Gasteiger partial charge on any atom is 0.0540 e. The van der Waals surface area contributed by atoms with Crippen molar-refractivity contribution in [1.29, 1.82) is 0 Å². The standard InChI is InChI=1S/C58H48N2/c1-2-14-39(13-1)45-21-9-23-47(37-45)59(53-27-11-19-41-17-5-7-25-49(41)53)55-35-31-43-30-34-52-56(36-32-44-29-33-51(55)57(43)58(44)52)60(54-28-12-20-42-18-6-8-26-50(42)54)48-24-10-22-46(38-48)40-15-3-4-16-40/h5-12,17-40H,1-4,13-16H2. The van der Waals surface area contributed by atoms with Crippen molar-refractivity contribution >= 4 is 88.0 Å². The van der Waals surface area contributed by atoms with Gasteiger partial charge in [-0.1, -0.05) is 159 Å². The summed E-state index contributed by atoms with van der Waals surface area (Å²) in [7, 11) is 0. The van der Waals surface area contributed by atoms with Gasteiger partial charge in [0, 0.05) is 32.9 Å². The van der Waals surface area contributed by atoms with Gasteiger partial charge in [-0.25, -0.2) is 0 Å². The molecule has 0 radical (unpaired) electrons. The summed E-state index contributed by atoms with van der Waals surface area (Å²) in [6.45, 7) is 0. The Kier molecular flexibility index (Phi) is 8.58. The lowest BCUT2D eigenvalue weighted by atomic mass is 9.91. The molecule has 12 rings (SSSR count). The van der Waals surface area contributed by atoms with Gasteiger partial charge in [-0.3, -0.25) is 0 Å². The van der Waals surface area contributed by atoms with Gasteiger partial charge in [0.1, 0.15) is 0 Å². The first-order valence-electron chi connectivity index (χ1n) is 22.2. The van der Waals surface area contributed by atoms with E-state index in [0.717, 1.165) is 0 Å². The van der Waals surface area contributed by atoms with Gasteiger partial charge in [0.25, 0.3) is 0 Å². The van der Waals surface area contributed by atoms with Crippen molar-refractivity contribution in [3.05, 3.63) is 193 Å². The molecular weight excluding hydrogens is 725 g/mol. The first-order valence-corrected chi connectivity index (χ1v) is 22.2. The maximum absolute atomic E-state index is 2.55. The van der Waals surface area contributed by atoms with Crippen molar-refractivity contribution in [1.82, 2.24) is 0 Å². The second kappa shape index (κ2) is 14.6. The van der Waals surface area contributed by atoms with Crippen molar-refractivity contribution in [2.75, 3.05) is 9.80 Å². The highest BCUT2D eigenvalue weighted by Crippen LogP contribution is 2.50. The molecule has 0 heterocycles. The van der Waals surface area contributed by atoms with Gasteiger partial charge in [-0.2, -0.15) is 0 Å². The van der Waals surface area contributed by atoms with Crippen LogP contribution in [0.3, 0.4) is 0 Å². The van der Waals surface area contributed by atoms with Crippen LogP contribution in [0.2, 0.25) is 0 Å². The van der Waals surface area contributed by atoms with Crippen LogP contribution in [0, 0.1) is 0 Å². The molecule has 0 unspecified atom stereocenters. The Balaban J connectivity index is 1.11. The molecule has 0 spiro atoms. The van der Waals surface area contributed by atoms with E-state index in [0.29, 0.717) is 11.8 Å². The van der Waals surface area contributed by atoms with E-state index in [9.17, 15) is 0 Å². The van der Waals surface area contributed by atoms with Crippen LogP contribution in [0.15, 0.2) is 182 Å². The van der Waals surface area contributed by atoms with Gasteiger partial charge in [-0.15, -0.1) is 0 Å². The van der Waals surface area contributed by atoms with Gasteiger partial charge < -0.3 is 9.80 Å². The van der Waals surface area contributed by atoms with Crippen LogP contribution in [-0.2, 0) is 0 Å². The molecule has 2 fully saturated rings. The number of nitrogens with zero attached hydrogens (tertiary/aromatic N) is 2. The zero-order valence-corrected chi connectivity index (χ0v) is 34.0. The van der Waals surface area contributed by atoms with E-state index in [4.69, 9.17) is 0 Å². The Morgan fingerprint density at radius 2 is 0.683 bits per heavy atom. The Hall–Kier alpha value is -6.64. The van der Waals surface area contributed by atoms with Crippen molar-refractivity contribution in [3.63, 3.8) is 0 Å². The van der Waals surface area contributed by atoms with Crippen LogP contribution in [0.4, 0.5) is 34.1 Å². The molecule has 2 aliphatic carbocycles. The summed E-state index contributed by atoms with van der Waals surface area (Å²) in [5.41, 5.74) is 10.2. The normalized spacial score (nSPS) is 15.0. The lowest BCUT2D eigenvalue weighted by molar-refractivity contribution is 0.723. The summed E-state index contributed by atoms with van der Waals surface area (Å²) in [5.74, 6) is 1.25. The number of benzene rings is 10. The molecule has 0 amide bonds. The molecule has 0 aliphatic heterocycles. The number of fused-ring (bicyclic) bond motifs is 2. The van der Waals surface area contributed by atoms with Crippen molar-refractivity contribution in [2.45, 2.75) is 63.2 Å². The zero-order valence-electron chi connectivity index (χ0n) is 34.0. The molecule has 0 aromatic heterocycles.